The Morgan fingerprint density at radius 2 is 1.90 bits per heavy atom. The molecule has 5 rings (SSSR count). The van der Waals surface area contributed by atoms with Crippen molar-refractivity contribution in [3.63, 3.8) is 0 Å². The molecule has 0 aromatic heterocycles. The number of phenolic OH excluding ortho intramolecular Hbond substituents is 1. The average molecular weight is 682 g/mol. The van der Waals surface area contributed by atoms with Crippen LogP contribution < -0.4 is 31.6 Å². The van der Waals surface area contributed by atoms with Gasteiger partial charge in [0.05, 0.1) is 30.7 Å². The molecular weight excluding hydrogens is 638 g/mol. The van der Waals surface area contributed by atoms with Crippen LogP contribution in [0.3, 0.4) is 0 Å². The monoisotopic (exact) mass is 681 g/mol. The summed E-state index contributed by atoms with van der Waals surface area (Å²) in [6, 6.07) is 2.88. The molecule has 5 unspecified atom stereocenters. The van der Waals surface area contributed by atoms with E-state index in [1.165, 1.54) is 26.3 Å². The number of carbonyl (C=O) groups excluding carboxylic acids is 2. The lowest BCUT2D eigenvalue weighted by molar-refractivity contribution is -0.314. The van der Waals surface area contributed by atoms with Crippen LogP contribution in [0.25, 0.3) is 0 Å². The fourth-order valence-electron chi connectivity index (χ4n) is 6.62. The van der Waals surface area contributed by atoms with Gasteiger partial charge in [-0.1, -0.05) is 13.0 Å². The lowest BCUT2D eigenvalue weighted by Crippen LogP contribution is -2.67. The van der Waals surface area contributed by atoms with Crippen LogP contribution in [0, 0.1) is 6.92 Å². The molecule has 2 aromatic carbocycles. The van der Waals surface area contributed by atoms with E-state index in [1.54, 1.807) is 19.9 Å². The molecule has 1 saturated heterocycles. The van der Waals surface area contributed by atoms with Gasteiger partial charge in [0.25, 0.3) is 0 Å². The Kier molecular flexibility index (Phi) is 10.2. The number of carbonyl (C=O) groups is 2. The molecule has 2 aromatic rings. The van der Waals surface area contributed by atoms with E-state index in [-0.39, 0.29) is 65.5 Å². The Morgan fingerprint density at radius 1 is 1.16 bits per heavy atom. The first kappa shape index (κ1) is 35.6. The Labute approximate surface area is 282 Å². The van der Waals surface area contributed by atoms with E-state index in [4.69, 9.17) is 25.7 Å². The number of benzene rings is 2. The summed E-state index contributed by atoms with van der Waals surface area (Å²) in [7, 11) is 2.87. The smallest absolute Gasteiger partial charge is 0.229 e. The fourth-order valence-corrected chi connectivity index (χ4v) is 6.62. The number of guanidine groups is 1. The number of ether oxygens (including phenoxy) is 3. The highest BCUT2D eigenvalue weighted by atomic mass is 16.7. The minimum absolute atomic E-state index is 0.00924. The van der Waals surface area contributed by atoms with Crippen LogP contribution in [0.5, 0.6) is 17.2 Å². The number of methoxy groups -OCH3 is 1. The second-order valence-electron chi connectivity index (χ2n) is 12.2. The van der Waals surface area contributed by atoms with E-state index in [9.17, 15) is 35.1 Å². The van der Waals surface area contributed by atoms with Crippen molar-refractivity contribution >= 4 is 17.5 Å². The highest BCUT2D eigenvalue weighted by Crippen LogP contribution is 2.45. The lowest BCUT2D eigenvalue weighted by Gasteiger charge is -2.48. The Bertz CT molecular complexity index is 1750. The third-order valence-electron chi connectivity index (χ3n) is 9.38. The lowest BCUT2D eigenvalue weighted by atomic mass is 9.78. The first-order valence-electron chi connectivity index (χ1n) is 15.9. The van der Waals surface area contributed by atoms with E-state index in [1.807, 2.05) is 6.08 Å². The first-order valence-corrected chi connectivity index (χ1v) is 15.9. The highest BCUT2D eigenvalue weighted by molar-refractivity contribution is 6.31. The third-order valence-corrected chi connectivity index (χ3v) is 9.38. The number of nitrogens with zero attached hydrogens (tertiary/aromatic N) is 1. The van der Waals surface area contributed by atoms with Gasteiger partial charge < -0.3 is 61.8 Å². The number of aliphatic hydroxyl groups is 4. The number of ketones is 2. The normalized spacial score (nSPS) is 25.1. The molecule has 1 fully saturated rings. The van der Waals surface area contributed by atoms with Gasteiger partial charge >= 0.3 is 0 Å². The summed E-state index contributed by atoms with van der Waals surface area (Å²) in [6.07, 6.45) is -2.92. The van der Waals surface area contributed by atoms with Crippen LogP contribution in [-0.2, 0) is 17.7 Å². The summed E-state index contributed by atoms with van der Waals surface area (Å²) in [4.78, 5) is 32.3. The van der Waals surface area contributed by atoms with Crippen molar-refractivity contribution in [2.75, 3.05) is 27.3 Å². The molecule has 2 heterocycles. The predicted octanol–water partition coefficient (Wildman–Crippen LogP) is -0.260. The molecule has 264 valence electrons. The number of rotatable bonds is 10. The second kappa shape index (κ2) is 14.1. The summed E-state index contributed by atoms with van der Waals surface area (Å²) in [5.74, 6) is -1.22. The summed E-state index contributed by atoms with van der Waals surface area (Å²) in [5, 5.41) is 61.4. The van der Waals surface area contributed by atoms with E-state index < -0.39 is 54.1 Å². The van der Waals surface area contributed by atoms with Gasteiger partial charge in [-0.15, -0.1) is 0 Å². The van der Waals surface area contributed by atoms with Gasteiger partial charge in [-0.25, -0.2) is 0 Å². The molecule has 0 saturated carbocycles. The molecule has 0 spiro atoms. The molecule has 3 aliphatic rings. The summed E-state index contributed by atoms with van der Waals surface area (Å²) in [5.41, 5.74) is 11.1. The number of aliphatic imine (C=N–C) groups is 1. The van der Waals surface area contributed by atoms with Crippen molar-refractivity contribution in [3.05, 3.63) is 74.6 Å². The van der Waals surface area contributed by atoms with Crippen LogP contribution in [-0.4, -0.2) is 101 Å². The minimum Gasteiger partial charge on any atom is -0.507 e. The topological polar surface area (TPSA) is 251 Å². The molecule has 15 nitrogen and oxygen atoms in total. The van der Waals surface area contributed by atoms with Gasteiger partial charge in [-0.3, -0.25) is 14.6 Å². The van der Waals surface area contributed by atoms with Crippen LogP contribution in [0.1, 0.15) is 68.3 Å². The highest BCUT2D eigenvalue weighted by Gasteiger charge is 2.55. The number of nitrogens with two attached hydrogens (primary N) is 2. The van der Waals surface area contributed by atoms with E-state index in [2.05, 4.69) is 15.6 Å². The largest absolute Gasteiger partial charge is 0.507 e. The van der Waals surface area contributed by atoms with Crippen LogP contribution in [0.15, 0.2) is 40.7 Å². The van der Waals surface area contributed by atoms with Gasteiger partial charge in [0.1, 0.15) is 41.2 Å². The number of fused-ring (bicyclic) bond motifs is 2. The zero-order valence-corrected chi connectivity index (χ0v) is 27.7. The van der Waals surface area contributed by atoms with E-state index in [0.717, 1.165) is 5.57 Å². The van der Waals surface area contributed by atoms with Crippen molar-refractivity contribution < 1.29 is 49.3 Å². The molecule has 0 amide bonds. The fraction of sp³-hybridized carbons (Fsp3) is 0.441. The average Bonchev–Trinajstić information content (AvgIpc) is 3.08. The first-order chi connectivity index (χ1) is 23.3. The number of phenols is 1. The molecule has 0 radical (unpaired) electrons. The van der Waals surface area contributed by atoms with E-state index >= 15 is 0 Å². The van der Waals surface area contributed by atoms with Gasteiger partial charge in [0.2, 0.25) is 12.1 Å². The molecule has 11 N–H and O–H groups in total. The number of hydrogen-bond donors (Lipinski definition) is 9. The van der Waals surface area contributed by atoms with Crippen LogP contribution in [0.2, 0.25) is 0 Å². The summed E-state index contributed by atoms with van der Waals surface area (Å²) < 4.78 is 17.5. The number of allylic oxidation sites excluding steroid dienone is 2. The molecule has 0 bridgehead atoms. The molecular formula is C34H43N5O10. The van der Waals surface area contributed by atoms with E-state index in [0.29, 0.717) is 29.1 Å². The second-order valence-corrected chi connectivity index (χ2v) is 12.2. The maximum atomic E-state index is 14.3. The summed E-state index contributed by atoms with van der Waals surface area (Å²) in [6.45, 7) is 3.20. The molecule has 5 atom stereocenters. The molecule has 1 aliphatic carbocycles. The number of hydrogen-bond acceptors (Lipinski definition) is 13. The van der Waals surface area contributed by atoms with Crippen LogP contribution >= 0.6 is 0 Å². The predicted molar refractivity (Wildman–Crippen MR) is 177 cm³/mol. The molecule has 2 aliphatic heterocycles. The Hall–Kier alpha value is -4.67. The van der Waals surface area contributed by atoms with Gasteiger partial charge in [0, 0.05) is 48.5 Å². The number of dihydropyridines is 1. The van der Waals surface area contributed by atoms with Gasteiger partial charge in [-0.2, -0.15) is 0 Å². The number of aryl methyl sites for hydroxylation is 1. The van der Waals surface area contributed by atoms with Gasteiger partial charge in [-0.05, 0) is 49.5 Å². The standard InChI is InChI=1S/C34H43N5O10/c1-5-17-20(47-4)12-21(26-24(17)27(41)18-10-15(2)19(13-39-33(36)37-3)28(42)25(18)29(26)43)48-32-30(44)31(45)34(46,22(14-40)49-32)8-6-16-7-9-38-23(35)11-16/h7,10-12,22,30-32,38,40,42,44-46H,5-6,8-9,13-14,35H2,1-4H3,(H3,36,37,39). The molecule has 49 heavy (non-hydrogen) atoms. The summed E-state index contributed by atoms with van der Waals surface area (Å²) >= 11 is 0. The maximum absolute atomic E-state index is 14.3. The Morgan fingerprint density at radius 3 is 2.53 bits per heavy atom. The SMILES string of the molecule is CCc1c(OC)cc(OC2OC(CO)C(O)(CCC3=CCNC(N)=C3)C(O)C2O)c2c1C(=O)c1cc(C)c(CNC(N)=NC)c(O)c1C2=O. The van der Waals surface area contributed by atoms with Crippen molar-refractivity contribution in [1.82, 2.24) is 10.6 Å². The van der Waals surface area contributed by atoms with Crippen LogP contribution in [0.4, 0.5) is 0 Å². The third kappa shape index (κ3) is 6.31. The zero-order chi connectivity index (χ0) is 35.8. The number of aromatic hydroxyl groups is 1. The Balaban J connectivity index is 1.53. The molecule has 15 heteroatoms. The van der Waals surface area contributed by atoms with Crippen molar-refractivity contribution in [3.8, 4) is 17.2 Å². The zero-order valence-electron chi connectivity index (χ0n) is 27.7. The van der Waals surface area contributed by atoms with Crippen molar-refractivity contribution in [1.29, 1.82) is 0 Å². The number of nitrogens with one attached hydrogen (secondary N) is 2. The van der Waals surface area contributed by atoms with Crippen molar-refractivity contribution in [2.24, 2.45) is 16.5 Å². The minimum atomic E-state index is -2.10. The quantitative estimate of drug-likeness (QED) is 0.0988. The van der Waals surface area contributed by atoms with Crippen molar-refractivity contribution in [2.45, 2.75) is 69.9 Å². The number of aliphatic hydroxyl groups excluding tert-OH is 3. The maximum Gasteiger partial charge on any atom is 0.229 e. The van der Waals surface area contributed by atoms with Gasteiger partial charge in [0.15, 0.2) is 11.7 Å².